The van der Waals surface area contributed by atoms with Crippen LogP contribution in [0.25, 0.3) is 0 Å². The summed E-state index contributed by atoms with van der Waals surface area (Å²) in [6.07, 6.45) is 0. The quantitative estimate of drug-likeness (QED) is 0.805. The zero-order valence-corrected chi connectivity index (χ0v) is 14.8. The molecule has 0 saturated heterocycles. The molecule has 0 bridgehead atoms. The molecule has 1 heterocycles. The van der Waals surface area contributed by atoms with Crippen molar-refractivity contribution in [1.29, 1.82) is 0 Å². The van der Waals surface area contributed by atoms with Gasteiger partial charge in [-0.3, -0.25) is 19.3 Å². The average molecular weight is 351 g/mol. The van der Waals surface area contributed by atoms with Gasteiger partial charge in [-0.1, -0.05) is 30.3 Å². The summed E-state index contributed by atoms with van der Waals surface area (Å²) in [5, 5.41) is 2.73. The van der Waals surface area contributed by atoms with Gasteiger partial charge in [0.15, 0.2) is 0 Å². The SMILES string of the molecule is CC(C)(N)CNC(=O)c1ccc2c(c1)C(=O)N(Cc1ccccc1)C2=O. The fourth-order valence-electron chi connectivity index (χ4n) is 2.75. The van der Waals surface area contributed by atoms with Crippen LogP contribution in [0.4, 0.5) is 0 Å². The maximum atomic E-state index is 12.7. The van der Waals surface area contributed by atoms with Crippen LogP contribution in [0.3, 0.4) is 0 Å². The molecular formula is C20H21N3O3. The molecule has 2 aromatic rings. The minimum atomic E-state index is -0.537. The summed E-state index contributed by atoms with van der Waals surface area (Å²) in [5.74, 6) is -1.06. The zero-order chi connectivity index (χ0) is 18.9. The van der Waals surface area contributed by atoms with Gasteiger partial charge in [0.2, 0.25) is 0 Å². The summed E-state index contributed by atoms with van der Waals surface area (Å²) in [7, 11) is 0. The van der Waals surface area contributed by atoms with E-state index in [1.807, 2.05) is 30.3 Å². The van der Waals surface area contributed by atoms with Crippen LogP contribution in [-0.4, -0.2) is 34.7 Å². The fourth-order valence-corrected chi connectivity index (χ4v) is 2.75. The third kappa shape index (κ3) is 3.65. The van der Waals surface area contributed by atoms with Gasteiger partial charge in [0.1, 0.15) is 0 Å². The second kappa shape index (κ2) is 6.72. The smallest absolute Gasteiger partial charge is 0.261 e. The van der Waals surface area contributed by atoms with Crippen molar-refractivity contribution in [1.82, 2.24) is 10.2 Å². The Kier molecular flexibility index (Phi) is 4.61. The molecule has 26 heavy (non-hydrogen) atoms. The van der Waals surface area contributed by atoms with E-state index in [0.29, 0.717) is 17.7 Å². The first-order chi connectivity index (χ1) is 12.3. The van der Waals surface area contributed by atoms with E-state index in [-0.39, 0.29) is 29.8 Å². The van der Waals surface area contributed by atoms with E-state index in [9.17, 15) is 14.4 Å². The summed E-state index contributed by atoms with van der Waals surface area (Å²) < 4.78 is 0. The second-order valence-electron chi connectivity index (χ2n) is 7.11. The lowest BCUT2D eigenvalue weighted by molar-refractivity contribution is 0.0642. The van der Waals surface area contributed by atoms with Crippen molar-refractivity contribution in [3.8, 4) is 0 Å². The van der Waals surface area contributed by atoms with Crippen LogP contribution in [0.15, 0.2) is 48.5 Å². The Balaban J connectivity index is 1.80. The largest absolute Gasteiger partial charge is 0.350 e. The van der Waals surface area contributed by atoms with Crippen molar-refractivity contribution < 1.29 is 14.4 Å². The van der Waals surface area contributed by atoms with Crippen LogP contribution in [0.1, 0.15) is 50.5 Å². The van der Waals surface area contributed by atoms with Crippen molar-refractivity contribution >= 4 is 17.7 Å². The van der Waals surface area contributed by atoms with E-state index in [1.54, 1.807) is 19.9 Å². The number of hydrogen-bond acceptors (Lipinski definition) is 4. The van der Waals surface area contributed by atoms with Crippen LogP contribution >= 0.6 is 0 Å². The number of nitrogens with zero attached hydrogens (tertiary/aromatic N) is 1. The van der Waals surface area contributed by atoms with Gasteiger partial charge in [0, 0.05) is 17.6 Å². The molecule has 0 radical (unpaired) electrons. The van der Waals surface area contributed by atoms with Gasteiger partial charge in [0.05, 0.1) is 17.7 Å². The first kappa shape index (κ1) is 17.8. The second-order valence-corrected chi connectivity index (χ2v) is 7.11. The number of carbonyl (C=O) groups is 3. The summed E-state index contributed by atoms with van der Waals surface area (Å²) in [6, 6.07) is 13.9. The van der Waals surface area contributed by atoms with Gasteiger partial charge in [-0.25, -0.2) is 0 Å². The summed E-state index contributed by atoms with van der Waals surface area (Å²) in [4.78, 5) is 38.7. The molecule has 2 aromatic carbocycles. The van der Waals surface area contributed by atoms with Gasteiger partial charge < -0.3 is 11.1 Å². The Morgan fingerprint density at radius 1 is 1.04 bits per heavy atom. The summed E-state index contributed by atoms with van der Waals surface area (Å²) >= 11 is 0. The molecular weight excluding hydrogens is 330 g/mol. The number of nitrogens with two attached hydrogens (primary N) is 1. The molecule has 0 spiro atoms. The number of rotatable bonds is 5. The molecule has 0 saturated carbocycles. The van der Waals surface area contributed by atoms with E-state index < -0.39 is 5.54 Å². The lowest BCUT2D eigenvalue weighted by Gasteiger charge is -2.18. The number of imide groups is 1. The van der Waals surface area contributed by atoms with Crippen molar-refractivity contribution in [3.05, 3.63) is 70.8 Å². The maximum absolute atomic E-state index is 12.7. The molecule has 3 amide bonds. The Morgan fingerprint density at radius 3 is 2.35 bits per heavy atom. The van der Waals surface area contributed by atoms with E-state index in [4.69, 9.17) is 5.73 Å². The third-order valence-electron chi connectivity index (χ3n) is 4.12. The van der Waals surface area contributed by atoms with Crippen LogP contribution < -0.4 is 11.1 Å². The molecule has 0 aromatic heterocycles. The highest BCUT2D eigenvalue weighted by atomic mass is 16.2. The average Bonchev–Trinajstić information content (AvgIpc) is 2.84. The molecule has 3 rings (SSSR count). The van der Waals surface area contributed by atoms with Crippen LogP contribution in [-0.2, 0) is 6.54 Å². The number of nitrogens with one attached hydrogen (secondary N) is 1. The molecule has 0 aliphatic carbocycles. The topological polar surface area (TPSA) is 92.5 Å². The molecule has 0 atom stereocenters. The molecule has 6 nitrogen and oxygen atoms in total. The minimum Gasteiger partial charge on any atom is -0.350 e. The van der Waals surface area contributed by atoms with Gasteiger partial charge in [-0.2, -0.15) is 0 Å². The third-order valence-corrected chi connectivity index (χ3v) is 4.12. The lowest BCUT2D eigenvalue weighted by atomic mass is 10.0. The van der Waals surface area contributed by atoms with Gasteiger partial charge in [-0.05, 0) is 37.6 Å². The Bertz CT molecular complexity index is 870. The highest BCUT2D eigenvalue weighted by Crippen LogP contribution is 2.25. The van der Waals surface area contributed by atoms with Crippen molar-refractivity contribution in [3.63, 3.8) is 0 Å². The predicted molar refractivity (Wildman–Crippen MR) is 97.7 cm³/mol. The van der Waals surface area contributed by atoms with Crippen molar-refractivity contribution in [2.75, 3.05) is 6.54 Å². The van der Waals surface area contributed by atoms with Crippen LogP contribution in [0.2, 0.25) is 0 Å². The molecule has 3 N–H and O–H groups in total. The minimum absolute atomic E-state index is 0.204. The number of fused-ring (bicyclic) bond motifs is 1. The number of carbonyl (C=O) groups excluding carboxylic acids is 3. The highest BCUT2D eigenvalue weighted by molar-refractivity contribution is 6.22. The van der Waals surface area contributed by atoms with Crippen molar-refractivity contribution in [2.45, 2.75) is 25.9 Å². The molecule has 1 aliphatic heterocycles. The monoisotopic (exact) mass is 351 g/mol. The highest BCUT2D eigenvalue weighted by Gasteiger charge is 2.36. The van der Waals surface area contributed by atoms with E-state index in [2.05, 4.69) is 5.32 Å². The molecule has 134 valence electrons. The maximum Gasteiger partial charge on any atom is 0.261 e. The standard InChI is InChI=1S/C20H21N3O3/c1-20(2,21)12-22-17(24)14-8-9-15-16(10-14)19(26)23(18(15)25)11-13-6-4-3-5-7-13/h3-10H,11-12,21H2,1-2H3,(H,22,24). The van der Waals surface area contributed by atoms with Gasteiger partial charge in [0.25, 0.3) is 17.7 Å². The van der Waals surface area contributed by atoms with E-state index in [0.717, 1.165) is 5.56 Å². The van der Waals surface area contributed by atoms with Crippen molar-refractivity contribution in [2.24, 2.45) is 5.73 Å². The summed E-state index contributed by atoms with van der Waals surface area (Å²) in [6.45, 7) is 4.12. The van der Waals surface area contributed by atoms with E-state index >= 15 is 0 Å². The van der Waals surface area contributed by atoms with E-state index in [1.165, 1.54) is 17.0 Å². The number of hydrogen-bond donors (Lipinski definition) is 2. The molecule has 0 unspecified atom stereocenters. The Morgan fingerprint density at radius 2 is 1.69 bits per heavy atom. The normalized spacial score (nSPS) is 13.7. The predicted octanol–water partition coefficient (Wildman–Crippen LogP) is 1.95. The number of amides is 3. The molecule has 1 aliphatic rings. The molecule has 6 heteroatoms. The Labute approximate surface area is 152 Å². The first-order valence-corrected chi connectivity index (χ1v) is 8.37. The fraction of sp³-hybridized carbons (Fsp3) is 0.250. The lowest BCUT2D eigenvalue weighted by Crippen LogP contribution is -2.45. The van der Waals surface area contributed by atoms with Crippen LogP contribution in [0, 0.1) is 0 Å². The molecule has 0 fully saturated rings. The number of benzene rings is 2. The first-order valence-electron chi connectivity index (χ1n) is 8.37. The zero-order valence-electron chi connectivity index (χ0n) is 14.8. The van der Waals surface area contributed by atoms with Crippen LogP contribution in [0.5, 0.6) is 0 Å². The Hall–Kier alpha value is -2.99. The van der Waals surface area contributed by atoms with Gasteiger partial charge >= 0.3 is 0 Å². The van der Waals surface area contributed by atoms with Gasteiger partial charge in [-0.15, -0.1) is 0 Å². The summed E-state index contributed by atoms with van der Waals surface area (Å²) in [5.41, 5.74) is 7.10.